The molecule has 1 aromatic rings. The third kappa shape index (κ3) is 3.19. The molecule has 1 amide bonds. The molecule has 122 valence electrons. The van der Waals surface area contributed by atoms with Crippen molar-refractivity contribution in [1.29, 1.82) is 0 Å². The monoisotopic (exact) mass is 306 g/mol. The molecule has 1 fully saturated rings. The minimum absolute atomic E-state index is 0.0399. The lowest BCUT2D eigenvalue weighted by Crippen LogP contribution is -2.39. The summed E-state index contributed by atoms with van der Waals surface area (Å²) < 4.78 is 10.6. The second kappa shape index (κ2) is 7.49. The lowest BCUT2D eigenvalue weighted by molar-refractivity contribution is -0.123. The predicted molar refractivity (Wildman–Crippen MR) is 87.5 cm³/mol. The Labute approximate surface area is 132 Å². The fourth-order valence-corrected chi connectivity index (χ4v) is 3.30. The van der Waals surface area contributed by atoms with Gasteiger partial charge in [0.2, 0.25) is 5.91 Å². The maximum atomic E-state index is 12.9. The average molecular weight is 306 g/mol. The summed E-state index contributed by atoms with van der Waals surface area (Å²) >= 11 is 0. The summed E-state index contributed by atoms with van der Waals surface area (Å²) in [6.07, 6.45) is 3.07. The minimum Gasteiger partial charge on any atom is -0.493 e. The zero-order valence-electron chi connectivity index (χ0n) is 13.7. The lowest BCUT2D eigenvalue weighted by atomic mass is 9.94. The van der Waals surface area contributed by atoms with E-state index in [0.29, 0.717) is 30.5 Å². The van der Waals surface area contributed by atoms with Crippen molar-refractivity contribution in [3.8, 4) is 11.5 Å². The maximum absolute atomic E-state index is 12.9. The molecule has 1 aromatic carbocycles. The van der Waals surface area contributed by atoms with Gasteiger partial charge in [0.25, 0.3) is 0 Å². The average Bonchev–Trinajstić information content (AvgIpc) is 3.03. The summed E-state index contributed by atoms with van der Waals surface area (Å²) in [5.41, 5.74) is 6.66. The molecular weight excluding hydrogens is 280 g/mol. The van der Waals surface area contributed by atoms with E-state index in [0.717, 1.165) is 24.9 Å². The van der Waals surface area contributed by atoms with E-state index in [1.807, 2.05) is 30.0 Å². The molecule has 0 heterocycles. The van der Waals surface area contributed by atoms with Crippen molar-refractivity contribution in [2.24, 2.45) is 17.6 Å². The molecule has 0 saturated heterocycles. The van der Waals surface area contributed by atoms with E-state index in [2.05, 4.69) is 0 Å². The molecule has 2 rings (SSSR count). The Morgan fingerprint density at radius 1 is 1.27 bits per heavy atom. The number of rotatable bonds is 6. The number of hydrogen-bond donors (Lipinski definition) is 1. The number of carbonyl (C=O) groups is 1. The molecule has 5 heteroatoms. The van der Waals surface area contributed by atoms with Crippen LogP contribution in [0, 0.1) is 11.8 Å². The van der Waals surface area contributed by atoms with E-state index in [9.17, 15) is 4.79 Å². The molecule has 1 aliphatic rings. The van der Waals surface area contributed by atoms with Crippen LogP contribution in [-0.2, 0) is 4.79 Å². The first-order valence-corrected chi connectivity index (χ1v) is 7.89. The molecule has 0 aromatic heterocycles. The van der Waals surface area contributed by atoms with Gasteiger partial charge in [-0.3, -0.25) is 4.79 Å². The number of methoxy groups -OCH3 is 2. The van der Waals surface area contributed by atoms with Gasteiger partial charge >= 0.3 is 0 Å². The first-order chi connectivity index (χ1) is 10.7. The van der Waals surface area contributed by atoms with Crippen molar-refractivity contribution in [1.82, 2.24) is 0 Å². The zero-order chi connectivity index (χ0) is 16.1. The van der Waals surface area contributed by atoms with Gasteiger partial charge in [0, 0.05) is 24.2 Å². The normalized spacial score (nSPS) is 20.7. The molecule has 0 radical (unpaired) electrons. The predicted octanol–water partition coefficient (Wildman–Crippen LogP) is 2.43. The molecule has 0 aliphatic heterocycles. The largest absolute Gasteiger partial charge is 0.493 e. The molecule has 0 bridgehead atoms. The Balaban J connectivity index is 2.25. The van der Waals surface area contributed by atoms with Gasteiger partial charge in [0.05, 0.1) is 14.2 Å². The summed E-state index contributed by atoms with van der Waals surface area (Å²) in [4.78, 5) is 14.7. The van der Waals surface area contributed by atoms with Crippen molar-refractivity contribution in [2.45, 2.75) is 26.2 Å². The summed E-state index contributed by atoms with van der Waals surface area (Å²) in [6, 6.07) is 5.58. The molecule has 2 atom stereocenters. The van der Waals surface area contributed by atoms with Crippen LogP contribution in [0.3, 0.4) is 0 Å². The number of amides is 1. The zero-order valence-corrected chi connectivity index (χ0v) is 13.7. The summed E-state index contributed by atoms with van der Waals surface area (Å²) in [6.45, 7) is 3.20. The Kier molecular flexibility index (Phi) is 5.66. The third-order valence-corrected chi connectivity index (χ3v) is 4.54. The topological polar surface area (TPSA) is 64.8 Å². The number of benzene rings is 1. The van der Waals surface area contributed by atoms with E-state index < -0.39 is 0 Å². The van der Waals surface area contributed by atoms with Crippen molar-refractivity contribution in [3.63, 3.8) is 0 Å². The van der Waals surface area contributed by atoms with Crippen LogP contribution in [0.2, 0.25) is 0 Å². The van der Waals surface area contributed by atoms with E-state index in [1.54, 1.807) is 14.2 Å². The van der Waals surface area contributed by atoms with Crippen LogP contribution in [0.5, 0.6) is 11.5 Å². The number of carbonyl (C=O) groups excluding carboxylic acids is 1. The van der Waals surface area contributed by atoms with Gasteiger partial charge in [-0.1, -0.05) is 6.42 Å². The smallest absolute Gasteiger partial charge is 0.230 e. The van der Waals surface area contributed by atoms with E-state index in [4.69, 9.17) is 15.2 Å². The second-order valence-corrected chi connectivity index (χ2v) is 5.65. The van der Waals surface area contributed by atoms with Crippen LogP contribution in [0.4, 0.5) is 5.69 Å². The van der Waals surface area contributed by atoms with Crippen LogP contribution >= 0.6 is 0 Å². The molecule has 1 aliphatic carbocycles. The highest BCUT2D eigenvalue weighted by atomic mass is 16.5. The first kappa shape index (κ1) is 16.6. The number of nitrogens with zero attached hydrogens (tertiary/aromatic N) is 1. The second-order valence-electron chi connectivity index (χ2n) is 5.65. The lowest BCUT2D eigenvalue weighted by Gasteiger charge is -2.27. The van der Waals surface area contributed by atoms with E-state index in [-0.39, 0.29) is 11.8 Å². The standard InChI is InChI=1S/C17H26N2O3/c1-4-19(17(20)14-7-5-6-12(14)11-18)13-8-9-15(21-2)16(10-13)22-3/h8-10,12,14H,4-7,11,18H2,1-3H3/t12-,14-/m1/s1. The fourth-order valence-electron chi connectivity index (χ4n) is 3.30. The van der Waals surface area contributed by atoms with Crippen molar-refractivity contribution in [3.05, 3.63) is 18.2 Å². The van der Waals surface area contributed by atoms with Gasteiger partial charge in [-0.2, -0.15) is 0 Å². The van der Waals surface area contributed by atoms with Gasteiger partial charge in [0.1, 0.15) is 0 Å². The van der Waals surface area contributed by atoms with Crippen LogP contribution in [-0.4, -0.2) is 33.2 Å². The highest BCUT2D eigenvalue weighted by Crippen LogP contribution is 2.36. The Bertz CT molecular complexity index is 519. The highest BCUT2D eigenvalue weighted by molar-refractivity contribution is 5.95. The van der Waals surface area contributed by atoms with Crippen molar-refractivity contribution >= 4 is 11.6 Å². The Morgan fingerprint density at radius 3 is 2.59 bits per heavy atom. The maximum Gasteiger partial charge on any atom is 0.230 e. The Morgan fingerprint density at radius 2 is 2.00 bits per heavy atom. The Hall–Kier alpha value is -1.75. The highest BCUT2D eigenvalue weighted by Gasteiger charge is 2.34. The van der Waals surface area contributed by atoms with Crippen LogP contribution in [0.15, 0.2) is 18.2 Å². The summed E-state index contributed by atoms with van der Waals surface area (Å²) in [5.74, 6) is 1.81. The third-order valence-electron chi connectivity index (χ3n) is 4.54. The first-order valence-electron chi connectivity index (χ1n) is 7.89. The molecule has 5 nitrogen and oxygen atoms in total. The summed E-state index contributed by atoms with van der Waals surface area (Å²) in [7, 11) is 3.20. The van der Waals surface area contributed by atoms with Crippen LogP contribution in [0.25, 0.3) is 0 Å². The molecular formula is C17H26N2O3. The SMILES string of the molecule is CCN(C(=O)[C@@H]1CCC[C@@H]1CN)c1ccc(OC)c(OC)c1. The molecule has 0 spiro atoms. The van der Waals surface area contributed by atoms with Gasteiger partial charge in [0.15, 0.2) is 11.5 Å². The van der Waals surface area contributed by atoms with Crippen molar-refractivity contribution < 1.29 is 14.3 Å². The van der Waals surface area contributed by atoms with Gasteiger partial charge in [-0.05, 0) is 44.4 Å². The number of anilines is 1. The quantitative estimate of drug-likeness (QED) is 0.876. The number of ether oxygens (including phenoxy) is 2. The molecule has 0 unspecified atom stereocenters. The van der Waals surface area contributed by atoms with Crippen LogP contribution in [0.1, 0.15) is 26.2 Å². The number of hydrogen-bond acceptors (Lipinski definition) is 4. The van der Waals surface area contributed by atoms with Gasteiger partial charge in [-0.25, -0.2) is 0 Å². The van der Waals surface area contributed by atoms with E-state index >= 15 is 0 Å². The molecule has 22 heavy (non-hydrogen) atoms. The minimum atomic E-state index is 0.0399. The van der Waals surface area contributed by atoms with Crippen LogP contribution < -0.4 is 20.1 Å². The summed E-state index contributed by atoms with van der Waals surface area (Å²) in [5, 5.41) is 0. The number of nitrogens with two attached hydrogens (primary N) is 1. The molecule has 1 saturated carbocycles. The van der Waals surface area contributed by atoms with Gasteiger partial charge < -0.3 is 20.1 Å². The fraction of sp³-hybridized carbons (Fsp3) is 0.588. The van der Waals surface area contributed by atoms with E-state index in [1.165, 1.54) is 0 Å². The van der Waals surface area contributed by atoms with Gasteiger partial charge in [-0.15, -0.1) is 0 Å². The van der Waals surface area contributed by atoms with Crippen molar-refractivity contribution in [2.75, 3.05) is 32.2 Å². The molecule has 2 N–H and O–H groups in total.